The summed E-state index contributed by atoms with van der Waals surface area (Å²) in [5.74, 6) is 1.08. The predicted octanol–water partition coefficient (Wildman–Crippen LogP) is 5.72. The number of amides is 1. The van der Waals surface area contributed by atoms with Gasteiger partial charge in [-0.05, 0) is 59.7 Å². The second-order valence-corrected chi connectivity index (χ2v) is 12.6. The highest BCUT2D eigenvalue weighted by molar-refractivity contribution is 7.10. The number of thiophene rings is 1. The third kappa shape index (κ3) is 5.08. The van der Waals surface area contributed by atoms with Crippen LogP contribution in [0.1, 0.15) is 37.6 Å². The van der Waals surface area contributed by atoms with Crippen LogP contribution in [0.5, 0.6) is 5.75 Å². The second kappa shape index (κ2) is 10.7. The number of benzene rings is 2. The zero-order chi connectivity index (χ0) is 27.9. The Bertz CT molecular complexity index is 1420. The van der Waals surface area contributed by atoms with E-state index in [1.807, 2.05) is 41.3 Å². The molecule has 3 aliphatic rings. The number of rotatable bonds is 5. The Morgan fingerprint density at radius 1 is 1.00 bits per heavy atom. The van der Waals surface area contributed by atoms with Gasteiger partial charge in [0, 0.05) is 54.4 Å². The number of methoxy groups -OCH3 is 1. The van der Waals surface area contributed by atoms with E-state index in [9.17, 15) is 9.59 Å². The van der Waals surface area contributed by atoms with E-state index in [2.05, 4.69) is 58.6 Å². The van der Waals surface area contributed by atoms with E-state index < -0.39 is 0 Å². The molecule has 1 aromatic heterocycles. The number of nitrogens with one attached hydrogen (secondary N) is 1. The van der Waals surface area contributed by atoms with Crippen LogP contribution in [0.15, 0.2) is 77.3 Å². The minimum absolute atomic E-state index is 0.0818. The van der Waals surface area contributed by atoms with E-state index >= 15 is 0 Å². The summed E-state index contributed by atoms with van der Waals surface area (Å²) in [4.78, 5) is 35.2. The Balaban J connectivity index is 1.29. The van der Waals surface area contributed by atoms with Gasteiger partial charge in [-0.15, -0.1) is 11.3 Å². The van der Waals surface area contributed by atoms with Crippen molar-refractivity contribution in [3.8, 4) is 5.75 Å². The Hall–Kier alpha value is -3.78. The van der Waals surface area contributed by atoms with Crippen LogP contribution in [0.3, 0.4) is 0 Å². The summed E-state index contributed by atoms with van der Waals surface area (Å²) in [6.45, 7) is 7.37. The Labute approximate surface area is 240 Å². The van der Waals surface area contributed by atoms with E-state index in [1.54, 1.807) is 18.4 Å². The van der Waals surface area contributed by atoms with Crippen molar-refractivity contribution in [3.05, 3.63) is 82.2 Å². The number of hydrogen-bond acceptors (Lipinski definition) is 7. The molecule has 2 aromatic carbocycles. The molecule has 1 atom stereocenters. The third-order valence-corrected chi connectivity index (χ3v) is 9.12. The highest BCUT2D eigenvalue weighted by atomic mass is 32.1. The monoisotopic (exact) mass is 556 g/mol. The minimum atomic E-state index is -0.306. The second-order valence-electron chi connectivity index (χ2n) is 11.6. The van der Waals surface area contributed by atoms with Gasteiger partial charge in [0.25, 0.3) is 0 Å². The van der Waals surface area contributed by atoms with Crippen molar-refractivity contribution in [1.29, 1.82) is 0 Å². The van der Waals surface area contributed by atoms with Crippen LogP contribution in [0.2, 0.25) is 0 Å². The summed E-state index contributed by atoms with van der Waals surface area (Å²) >= 11 is 1.64. The summed E-state index contributed by atoms with van der Waals surface area (Å²) in [6, 6.07) is 20.0. The maximum atomic E-state index is 13.9. The fourth-order valence-corrected chi connectivity index (χ4v) is 7.07. The average Bonchev–Trinajstić information content (AvgIpc) is 3.44. The van der Waals surface area contributed by atoms with E-state index in [1.165, 1.54) is 0 Å². The standard InChI is InChI=1S/C32H36N4O3S/c1-32(2)19-25-30(27(37)20-32)31(28-9-6-18-40-28)36(26-8-5-4-7-24(26)33-25)21-29(38)35-16-14-34(15-17-35)22-10-12-23(39-3)13-11-22/h4-13,18,31,33H,14-17,19-21H2,1-3H3. The van der Waals surface area contributed by atoms with Gasteiger partial charge >= 0.3 is 0 Å². The molecule has 0 radical (unpaired) electrons. The average molecular weight is 557 g/mol. The van der Waals surface area contributed by atoms with Gasteiger partial charge in [0.05, 0.1) is 31.1 Å². The van der Waals surface area contributed by atoms with Crippen LogP contribution >= 0.6 is 11.3 Å². The molecular formula is C32H36N4O3S. The lowest BCUT2D eigenvalue weighted by molar-refractivity contribution is -0.130. The van der Waals surface area contributed by atoms with Crippen molar-refractivity contribution in [2.75, 3.05) is 55.0 Å². The largest absolute Gasteiger partial charge is 0.497 e. The Morgan fingerprint density at radius 3 is 2.45 bits per heavy atom. The molecule has 40 heavy (non-hydrogen) atoms. The molecule has 8 heteroatoms. The highest BCUT2D eigenvalue weighted by Gasteiger charge is 2.42. The zero-order valence-corrected chi connectivity index (χ0v) is 24.2. The first-order valence-electron chi connectivity index (χ1n) is 13.9. The van der Waals surface area contributed by atoms with Crippen LogP contribution in [0.25, 0.3) is 0 Å². The molecule has 3 aromatic rings. The van der Waals surface area contributed by atoms with Crippen molar-refractivity contribution in [2.24, 2.45) is 5.41 Å². The molecule has 0 bridgehead atoms. The van der Waals surface area contributed by atoms with Gasteiger partial charge in [-0.2, -0.15) is 0 Å². The number of hydrogen-bond donors (Lipinski definition) is 1. The summed E-state index contributed by atoms with van der Waals surface area (Å²) in [7, 11) is 1.67. The van der Waals surface area contributed by atoms with Gasteiger partial charge < -0.3 is 24.8 Å². The molecule has 0 saturated carbocycles. The quantitative estimate of drug-likeness (QED) is 0.434. The number of ether oxygens (including phenoxy) is 1. The van der Waals surface area contributed by atoms with E-state index in [4.69, 9.17) is 4.74 Å². The Morgan fingerprint density at radius 2 is 1.75 bits per heavy atom. The van der Waals surface area contributed by atoms with E-state index in [-0.39, 0.29) is 29.7 Å². The lowest BCUT2D eigenvalue weighted by Gasteiger charge is -2.40. The van der Waals surface area contributed by atoms with Crippen LogP contribution in [0.4, 0.5) is 17.1 Å². The molecule has 0 spiro atoms. The number of ketones is 1. The molecule has 1 N–H and O–H groups in total. The maximum Gasteiger partial charge on any atom is 0.242 e. The van der Waals surface area contributed by atoms with Gasteiger partial charge in [0.1, 0.15) is 5.75 Å². The number of para-hydroxylation sites is 2. The topological polar surface area (TPSA) is 65.1 Å². The molecule has 6 rings (SSSR count). The van der Waals surface area contributed by atoms with E-state index in [0.717, 1.165) is 58.5 Å². The van der Waals surface area contributed by atoms with Gasteiger partial charge in [0.2, 0.25) is 5.91 Å². The molecule has 3 heterocycles. The first-order chi connectivity index (χ1) is 19.3. The molecule has 1 amide bonds. The van der Waals surface area contributed by atoms with Gasteiger partial charge in [-0.25, -0.2) is 0 Å². The molecular weight excluding hydrogens is 520 g/mol. The first-order valence-corrected chi connectivity index (χ1v) is 14.8. The number of anilines is 3. The fourth-order valence-electron chi connectivity index (χ4n) is 6.22. The van der Waals surface area contributed by atoms with Crippen LogP contribution < -0.4 is 19.9 Å². The number of fused-ring (bicyclic) bond motifs is 1. The summed E-state index contributed by atoms with van der Waals surface area (Å²) < 4.78 is 5.29. The molecule has 1 aliphatic carbocycles. The number of nitrogens with zero attached hydrogens (tertiary/aromatic N) is 3. The van der Waals surface area contributed by atoms with Crippen molar-refractivity contribution >= 4 is 40.1 Å². The number of carbonyl (C=O) groups excluding carboxylic acids is 2. The summed E-state index contributed by atoms with van der Waals surface area (Å²) in [5, 5.41) is 5.69. The highest BCUT2D eigenvalue weighted by Crippen LogP contribution is 2.48. The van der Waals surface area contributed by atoms with Crippen LogP contribution in [-0.4, -0.2) is 56.4 Å². The maximum absolute atomic E-state index is 13.9. The minimum Gasteiger partial charge on any atom is -0.497 e. The van der Waals surface area contributed by atoms with Crippen molar-refractivity contribution < 1.29 is 14.3 Å². The molecule has 7 nitrogen and oxygen atoms in total. The lowest BCUT2D eigenvalue weighted by atomic mass is 9.74. The zero-order valence-electron chi connectivity index (χ0n) is 23.4. The summed E-state index contributed by atoms with van der Waals surface area (Å²) in [5.41, 5.74) is 4.69. The van der Waals surface area contributed by atoms with Crippen LogP contribution in [0, 0.1) is 5.41 Å². The molecule has 2 aliphatic heterocycles. The number of piperazine rings is 1. The normalized spacial score (nSPS) is 20.4. The number of carbonyl (C=O) groups is 2. The lowest BCUT2D eigenvalue weighted by Crippen LogP contribution is -2.52. The van der Waals surface area contributed by atoms with Crippen molar-refractivity contribution in [2.45, 2.75) is 32.7 Å². The number of allylic oxidation sites excluding steroid dienone is 1. The summed E-state index contributed by atoms with van der Waals surface area (Å²) in [6.07, 6.45) is 1.29. The predicted molar refractivity (Wildman–Crippen MR) is 161 cm³/mol. The molecule has 1 fully saturated rings. The third-order valence-electron chi connectivity index (χ3n) is 8.19. The van der Waals surface area contributed by atoms with Crippen molar-refractivity contribution in [3.63, 3.8) is 0 Å². The molecule has 1 unspecified atom stereocenters. The van der Waals surface area contributed by atoms with Gasteiger partial charge in [-0.1, -0.05) is 32.0 Å². The van der Waals surface area contributed by atoms with Gasteiger partial charge in [0.15, 0.2) is 5.78 Å². The van der Waals surface area contributed by atoms with Crippen LogP contribution in [-0.2, 0) is 9.59 Å². The molecule has 208 valence electrons. The fraction of sp³-hybridized carbons (Fsp3) is 0.375. The van der Waals surface area contributed by atoms with Gasteiger partial charge in [-0.3, -0.25) is 9.59 Å². The van der Waals surface area contributed by atoms with Crippen molar-refractivity contribution in [1.82, 2.24) is 4.90 Å². The first kappa shape index (κ1) is 26.4. The Kier molecular flexibility index (Phi) is 7.04. The van der Waals surface area contributed by atoms with E-state index in [0.29, 0.717) is 19.5 Å². The smallest absolute Gasteiger partial charge is 0.242 e. The SMILES string of the molecule is COc1ccc(N2CCN(C(=O)CN3c4ccccc4NC4=C(C(=O)CC(C)(C)C4)C3c3cccs3)CC2)cc1. The number of Topliss-reactive ketones (excluding diaryl/α,β-unsaturated/α-hetero) is 1. The molecule has 1 saturated heterocycles.